The molecule has 0 radical (unpaired) electrons. The van der Waals surface area contributed by atoms with Crippen LogP contribution in [0.1, 0.15) is 20.9 Å². The summed E-state index contributed by atoms with van der Waals surface area (Å²) in [5, 5.41) is 5.87. The second kappa shape index (κ2) is 10.6. The van der Waals surface area contributed by atoms with Crippen LogP contribution in [0.15, 0.2) is 51.4 Å². The van der Waals surface area contributed by atoms with Crippen molar-refractivity contribution in [1.29, 1.82) is 0 Å². The van der Waals surface area contributed by atoms with Gasteiger partial charge >= 0.3 is 5.69 Å². The van der Waals surface area contributed by atoms with Crippen molar-refractivity contribution < 1.29 is 9.59 Å². The lowest BCUT2D eigenvalue weighted by Gasteiger charge is -2.40. The van der Waals surface area contributed by atoms with E-state index >= 15 is 0 Å². The number of H-pyrrole nitrogens is 2. The molecule has 1 aliphatic rings. The van der Waals surface area contributed by atoms with Crippen molar-refractivity contribution in [3.8, 4) is 0 Å². The molecular weight excluding hydrogens is 501 g/mol. The summed E-state index contributed by atoms with van der Waals surface area (Å²) >= 11 is 13.9. The van der Waals surface area contributed by atoms with Crippen LogP contribution in [0.25, 0.3) is 0 Å². The van der Waals surface area contributed by atoms with Gasteiger partial charge in [0.15, 0.2) is 0 Å². The van der Waals surface area contributed by atoms with Gasteiger partial charge in [0, 0.05) is 47.2 Å². The van der Waals surface area contributed by atoms with E-state index in [4.69, 9.17) is 23.2 Å². The fourth-order valence-electron chi connectivity index (χ4n) is 3.77. The molecule has 1 aromatic carbocycles. The lowest BCUT2D eigenvalue weighted by atomic mass is 10.1. The molecule has 0 bridgehead atoms. The van der Waals surface area contributed by atoms with Gasteiger partial charge in [-0.2, -0.15) is 0 Å². The average molecular weight is 522 g/mol. The standard InChI is InChI=1S/C22H21Cl2N5O4S/c23-14-4-3-13(16(24)8-14)11-28-5-6-29(21(32)17-9-19(30)27-22(33)26-17)12-18(28)20(31)25-10-15-2-1-7-34-15/h1-4,7-9,18H,5-6,10-12H2,(H,25,31)(H2,26,27,30,33)/t18-/m0/s1. The number of halogens is 2. The number of carbonyl (C=O) groups is 2. The van der Waals surface area contributed by atoms with Crippen LogP contribution < -0.4 is 16.6 Å². The van der Waals surface area contributed by atoms with E-state index in [1.165, 1.54) is 16.2 Å². The van der Waals surface area contributed by atoms with Crippen molar-refractivity contribution in [3.63, 3.8) is 0 Å². The van der Waals surface area contributed by atoms with E-state index in [1.807, 2.05) is 33.5 Å². The minimum atomic E-state index is -0.767. The van der Waals surface area contributed by atoms with Gasteiger partial charge in [-0.1, -0.05) is 35.3 Å². The molecule has 4 rings (SSSR count). The number of aromatic amines is 2. The van der Waals surface area contributed by atoms with Crippen LogP contribution in [0, 0.1) is 0 Å². The van der Waals surface area contributed by atoms with E-state index < -0.39 is 23.2 Å². The van der Waals surface area contributed by atoms with Crippen LogP contribution in [-0.4, -0.2) is 57.3 Å². The molecule has 2 aromatic heterocycles. The molecule has 2 amide bonds. The summed E-state index contributed by atoms with van der Waals surface area (Å²) in [5.41, 5.74) is -0.757. The molecule has 0 unspecified atom stereocenters. The first kappa shape index (κ1) is 24.2. The number of hydrogen-bond donors (Lipinski definition) is 3. The third-order valence-electron chi connectivity index (χ3n) is 5.48. The van der Waals surface area contributed by atoms with E-state index in [9.17, 15) is 19.2 Å². The van der Waals surface area contributed by atoms with E-state index in [0.29, 0.717) is 36.2 Å². The summed E-state index contributed by atoms with van der Waals surface area (Å²) in [4.78, 5) is 58.2. The molecular formula is C22H21Cl2N5O4S. The van der Waals surface area contributed by atoms with Gasteiger partial charge in [0.2, 0.25) is 5.91 Å². The molecule has 34 heavy (non-hydrogen) atoms. The molecule has 1 saturated heterocycles. The van der Waals surface area contributed by atoms with Gasteiger partial charge in [0.05, 0.1) is 6.54 Å². The van der Waals surface area contributed by atoms with Crippen molar-refractivity contribution >= 4 is 46.4 Å². The Bertz CT molecular complexity index is 1280. The smallest absolute Gasteiger partial charge is 0.326 e. The predicted octanol–water partition coefficient (Wildman–Crippen LogP) is 2.07. The fourth-order valence-corrected chi connectivity index (χ4v) is 4.88. The van der Waals surface area contributed by atoms with Crippen molar-refractivity contribution in [2.75, 3.05) is 19.6 Å². The maximum atomic E-state index is 13.2. The first-order chi connectivity index (χ1) is 16.3. The highest BCUT2D eigenvalue weighted by Crippen LogP contribution is 2.24. The number of piperazine rings is 1. The maximum Gasteiger partial charge on any atom is 0.326 e. The summed E-state index contributed by atoms with van der Waals surface area (Å²) in [5.74, 6) is -0.765. The summed E-state index contributed by atoms with van der Waals surface area (Å²) in [6.45, 7) is 1.52. The van der Waals surface area contributed by atoms with E-state index in [2.05, 4.69) is 10.3 Å². The maximum absolute atomic E-state index is 13.2. The Morgan fingerprint density at radius 3 is 2.65 bits per heavy atom. The zero-order chi connectivity index (χ0) is 24.2. The van der Waals surface area contributed by atoms with Gasteiger partial charge in [-0.3, -0.25) is 24.3 Å². The molecule has 0 aliphatic carbocycles. The number of aromatic nitrogens is 2. The zero-order valence-corrected chi connectivity index (χ0v) is 20.2. The van der Waals surface area contributed by atoms with Crippen LogP contribution in [-0.2, 0) is 17.9 Å². The molecule has 3 N–H and O–H groups in total. The summed E-state index contributed by atoms with van der Waals surface area (Å²) in [7, 11) is 0. The Morgan fingerprint density at radius 1 is 1.12 bits per heavy atom. The molecule has 1 aliphatic heterocycles. The number of hydrogen-bond acceptors (Lipinski definition) is 6. The number of amides is 2. The van der Waals surface area contributed by atoms with Crippen molar-refractivity contribution in [3.05, 3.63) is 88.8 Å². The molecule has 3 aromatic rings. The van der Waals surface area contributed by atoms with Crippen molar-refractivity contribution in [1.82, 2.24) is 25.1 Å². The van der Waals surface area contributed by atoms with E-state index in [-0.39, 0.29) is 18.1 Å². The lowest BCUT2D eigenvalue weighted by Crippen LogP contribution is -2.59. The minimum absolute atomic E-state index is 0.0785. The van der Waals surface area contributed by atoms with Crippen LogP contribution >= 0.6 is 34.5 Å². The molecule has 0 saturated carbocycles. The Balaban J connectivity index is 1.55. The van der Waals surface area contributed by atoms with Crippen LogP contribution in [0.2, 0.25) is 10.0 Å². The quantitative estimate of drug-likeness (QED) is 0.458. The number of carbonyl (C=O) groups excluding carboxylic acids is 2. The van der Waals surface area contributed by atoms with Crippen molar-refractivity contribution in [2.24, 2.45) is 0 Å². The monoisotopic (exact) mass is 521 g/mol. The van der Waals surface area contributed by atoms with Gasteiger partial charge in [0.25, 0.3) is 11.5 Å². The molecule has 0 spiro atoms. The van der Waals surface area contributed by atoms with Gasteiger partial charge in [-0.25, -0.2) is 4.79 Å². The third-order valence-corrected chi connectivity index (χ3v) is 6.94. The van der Waals surface area contributed by atoms with Crippen LogP contribution in [0.3, 0.4) is 0 Å². The van der Waals surface area contributed by atoms with E-state index in [0.717, 1.165) is 16.5 Å². The summed E-state index contributed by atoms with van der Waals surface area (Å²) < 4.78 is 0. The topological polar surface area (TPSA) is 118 Å². The van der Waals surface area contributed by atoms with Gasteiger partial charge in [0.1, 0.15) is 11.7 Å². The number of benzene rings is 1. The normalized spacial score (nSPS) is 16.4. The summed E-state index contributed by atoms with van der Waals surface area (Å²) in [6.07, 6.45) is 0. The first-order valence-corrected chi connectivity index (χ1v) is 12.0. The highest BCUT2D eigenvalue weighted by molar-refractivity contribution is 7.09. The third kappa shape index (κ3) is 5.76. The van der Waals surface area contributed by atoms with E-state index in [1.54, 1.807) is 12.1 Å². The van der Waals surface area contributed by atoms with Crippen LogP contribution in [0.4, 0.5) is 0 Å². The molecule has 9 nitrogen and oxygen atoms in total. The Hall–Kier alpha value is -2.92. The lowest BCUT2D eigenvalue weighted by molar-refractivity contribution is -0.128. The predicted molar refractivity (Wildman–Crippen MR) is 130 cm³/mol. The molecule has 178 valence electrons. The van der Waals surface area contributed by atoms with Gasteiger partial charge in [-0.05, 0) is 29.1 Å². The Kier molecular flexibility index (Phi) is 7.52. The molecule has 3 heterocycles. The second-order valence-electron chi connectivity index (χ2n) is 7.77. The number of thiophene rings is 1. The number of rotatable bonds is 6. The molecule has 1 fully saturated rings. The zero-order valence-electron chi connectivity index (χ0n) is 17.8. The van der Waals surface area contributed by atoms with Gasteiger partial charge < -0.3 is 15.2 Å². The first-order valence-electron chi connectivity index (χ1n) is 10.4. The van der Waals surface area contributed by atoms with Crippen LogP contribution in [0.5, 0.6) is 0 Å². The second-order valence-corrected chi connectivity index (χ2v) is 9.65. The number of nitrogens with one attached hydrogen (secondary N) is 3. The fraction of sp³-hybridized carbons (Fsp3) is 0.273. The molecule has 1 atom stereocenters. The van der Waals surface area contributed by atoms with Crippen molar-refractivity contribution in [2.45, 2.75) is 19.1 Å². The molecule has 12 heteroatoms. The Morgan fingerprint density at radius 2 is 1.94 bits per heavy atom. The number of nitrogens with zero attached hydrogens (tertiary/aromatic N) is 2. The average Bonchev–Trinajstić information content (AvgIpc) is 3.32. The SMILES string of the molecule is O=C(NCc1cccs1)[C@@H]1CN(C(=O)c2cc(=O)[nH]c(=O)[nH]2)CCN1Cc1ccc(Cl)cc1Cl. The highest BCUT2D eigenvalue weighted by Gasteiger charge is 2.35. The largest absolute Gasteiger partial charge is 0.350 e. The summed E-state index contributed by atoms with van der Waals surface area (Å²) in [6, 6.07) is 9.39. The Labute approximate surface area is 208 Å². The highest BCUT2D eigenvalue weighted by atomic mass is 35.5. The van der Waals surface area contributed by atoms with Gasteiger partial charge in [-0.15, -0.1) is 11.3 Å². The minimum Gasteiger partial charge on any atom is -0.350 e.